The largest absolute Gasteiger partial charge is 0.480 e. The molecule has 1 N–H and O–H groups in total. The molecular weight excluding hydrogens is 362 g/mol. The number of unbranched alkanes of at least 4 members (excludes halogenated alkanes) is 1. The van der Waals surface area contributed by atoms with Crippen LogP contribution < -0.4 is 0 Å². The van der Waals surface area contributed by atoms with Gasteiger partial charge in [0.25, 0.3) is 0 Å². The first-order valence-electron chi connectivity index (χ1n) is 7.82. The van der Waals surface area contributed by atoms with E-state index in [0.29, 0.717) is 27.6 Å². The Bertz CT molecular complexity index is 901. The molecule has 1 unspecified atom stereocenters. The number of halogens is 1. The van der Waals surface area contributed by atoms with Crippen molar-refractivity contribution in [3.8, 4) is 5.69 Å². The predicted molar refractivity (Wildman–Crippen MR) is 96.3 cm³/mol. The standard InChI is InChI=1S/C16H16ClN5O2S/c1-2-3-7-12(16(23)24)25-15-13-14(18-9-19-15)22(21-20-13)11-6-4-5-10(17)8-11/h4-6,8-9,12H,2-3,7H2,1H3,(H,23,24). The number of aliphatic carboxylic acids is 1. The van der Waals surface area contributed by atoms with E-state index < -0.39 is 11.2 Å². The number of fused-ring (bicyclic) bond motifs is 1. The fourth-order valence-electron chi connectivity index (χ4n) is 2.35. The summed E-state index contributed by atoms with van der Waals surface area (Å²) in [6.45, 7) is 2.03. The van der Waals surface area contributed by atoms with Crippen LogP contribution in [0.2, 0.25) is 5.02 Å². The maximum Gasteiger partial charge on any atom is 0.317 e. The summed E-state index contributed by atoms with van der Waals surface area (Å²) in [5, 5.41) is 18.2. The average molecular weight is 378 g/mol. The Kier molecular flexibility index (Phi) is 5.50. The maximum absolute atomic E-state index is 11.5. The first kappa shape index (κ1) is 17.6. The van der Waals surface area contributed by atoms with Gasteiger partial charge in [0.05, 0.1) is 5.69 Å². The van der Waals surface area contributed by atoms with Crippen LogP contribution in [0.25, 0.3) is 16.9 Å². The lowest BCUT2D eigenvalue weighted by Gasteiger charge is -2.10. The molecule has 1 aromatic carbocycles. The van der Waals surface area contributed by atoms with Crippen LogP contribution in [-0.2, 0) is 4.79 Å². The highest BCUT2D eigenvalue weighted by Crippen LogP contribution is 2.30. The number of carboxylic acids is 1. The number of hydrogen-bond donors (Lipinski definition) is 1. The minimum Gasteiger partial charge on any atom is -0.480 e. The van der Waals surface area contributed by atoms with Crippen molar-refractivity contribution >= 4 is 40.5 Å². The van der Waals surface area contributed by atoms with Crippen LogP contribution in [0.3, 0.4) is 0 Å². The third-order valence-electron chi connectivity index (χ3n) is 3.61. The summed E-state index contributed by atoms with van der Waals surface area (Å²) in [6.07, 6.45) is 3.75. The van der Waals surface area contributed by atoms with Crippen molar-refractivity contribution in [2.24, 2.45) is 0 Å². The van der Waals surface area contributed by atoms with Crippen molar-refractivity contribution < 1.29 is 9.90 Å². The van der Waals surface area contributed by atoms with E-state index in [-0.39, 0.29) is 0 Å². The van der Waals surface area contributed by atoms with E-state index in [0.717, 1.165) is 18.5 Å². The van der Waals surface area contributed by atoms with Gasteiger partial charge in [-0.15, -0.1) is 5.10 Å². The summed E-state index contributed by atoms with van der Waals surface area (Å²) in [5.74, 6) is -0.854. The lowest BCUT2D eigenvalue weighted by molar-refractivity contribution is -0.136. The van der Waals surface area contributed by atoms with Crippen molar-refractivity contribution in [3.63, 3.8) is 0 Å². The van der Waals surface area contributed by atoms with E-state index in [1.54, 1.807) is 16.8 Å². The number of hydrogen-bond acceptors (Lipinski definition) is 6. The van der Waals surface area contributed by atoms with Gasteiger partial charge in [0.15, 0.2) is 11.2 Å². The van der Waals surface area contributed by atoms with Crippen LogP contribution in [0, 0.1) is 0 Å². The van der Waals surface area contributed by atoms with Crippen molar-refractivity contribution in [3.05, 3.63) is 35.6 Å². The normalized spacial score (nSPS) is 12.4. The molecule has 9 heteroatoms. The second-order valence-corrected chi connectivity index (χ2v) is 7.05. The molecule has 0 bridgehead atoms. The molecule has 0 spiro atoms. The van der Waals surface area contributed by atoms with Crippen molar-refractivity contribution in [1.29, 1.82) is 0 Å². The van der Waals surface area contributed by atoms with E-state index in [9.17, 15) is 9.90 Å². The Morgan fingerprint density at radius 3 is 2.96 bits per heavy atom. The van der Waals surface area contributed by atoms with Crippen LogP contribution >= 0.6 is 23.4 Å². The van der Waals surface area contributed by atoms with Crippen molar-refractivity contribution in [2.75, 3.05) is 0 Å². The van der Waals surface area contributed by atoms with Gasteiger partial charge in [-0.3, -0.25) is 4.79 Å². The summed E-state index contributed by atoms with van der Waals surface area (Å²) in [4.78, 5) is 19.9. The molecule has 1 atom stereocenters. The number of thioether (sulfide) groups is 1. The van der Waals surface area contributed by atoms with Crippen LogP contribution in [-0.4, -0.2) is 41.3 Å². The number of carbonyl (C=O) groups is 1. The molecular formula is C16H16ClN5O2S. The van der Waals surface area contributed by atoms with Crippen LogP contribution in [0.4, 0.5) is 0 Å². The van der Waals surface area contributed by atoms with Crippen LogP contribution in [0.15, 0.2) is 35.6 Å². The molecule has 0 saturated carbocycles. The molecule has 0 amide bonds. The Hall–Kier alpha value is -2.19. The minimum atomic E-state index is -0.854. The molecule has 0 saturated heterocycles. The highest BCUT2D eigenvalue weighted by molar-refractivity contribution is 8.00. The second kappa shape index (κ2) is 7.79. The van der Waals surface area contributed by atoms with Gasteiger partial charge in [0, 0.05) is 5.02 Å². The van der Waals surface area contributed by atoms with Gasteiger partial charge < -0.3 is 5.11 Å². The van der Waals surface area contributed by atoms with Crippen LogP contribution in [0.5, 0.6) is 0 Å². The Morgan fingerprint density at radius 1 is 1.40 bits per heavy atom. The third kappa shape index (κ3) is 3.91. The van der Waals surface area contributed by atoms with E-state index in [1.165, 1.54) is 18.1 Å². The van der Waals surface area contributed by atoms with E-state index in [1.807, 2.05) is 19.1 Å². The lowest BCUT2D eigenvalue weighted by Crippen LogP contribution is -2.16. The summed E-state index contributed by atoms with van der Waals surface area (Å²) in [7, 11) is 0. The SMILES string of the molecule is CCCCC(Sc1ncnc2c1nnn2-c1cccc(Cl)c1)C(=O)O. The van der Waals surface area contributed by atoms with Gasteiger partial charge >= 0.3 is 5.97 Å². The maximum atomic E-state index is 11.5. The van der Waals surface area contributed by atoms with E-state index in [2.05, 4.69) is 20.3 Å². The fraction of sp³-hybridized carbons (Fsp3) is 0.312. The summed E-state index contributed by atoms with van der Waals surface area (Å²) >= 11 is 7.22. The Balaban J connectivity index is 1.97. The molecule has 7 nitrogen and oxygen atoms in total. The first-order valence-corrected chi connectivity index (χ1v) is 9.07. The zero-order chi connectivity index (χ0) is 17.8. The first-order chi connectivity index (χ1) is 12.1. The quantitative estimate of drug-likeness (QED) is 0.496. The van der Waals surface area contributed by atoms with Gasteiger partial charge in [0.2, 0.25) is 0 Å². The Morgan fingerprint density at radius 2 is 2.24 bits per heavy atom. The van der Waals surface area contributed by atoms with Crippen LogP contribution in [0.1, 0.15) is 26.2 Å². The van der Waals surface area contributed by atoms with E-state index in [4.69, 9.17) is 11.6 Å². The summed E-state index contributed by atoms with van der Waals surface area (Å²) < 4.78 is 1.56. The van der Waals surface area contributed by atoms with E-state index >= 15 is 0 Å². The molecule has 0 aliphatic heterocycles. The number of benzene rings is 1. The lowest BCUT2D eigenvalue weighted by atomic mass is 10.2. The minimum absolute atomic E-state index is 0.482. The topological polar surface area (TPSA) is 93.8 Å². The highest BCUT2D eigenvalue weighted by atomic mass is 35.5. The molecule has 2 heterocycles. The molecule has 3 rings (SSSR count). The Labute approximate surface area is 153 Å². The monoisotopic (exact) mass is 377 g/mol. The summed E-state index contributed by atoms with van der Waals surface area (Å²) in [6, 6.07) is 7.18. The van der Waals surface area contributed by atoms with Gasteiger partial charge in [-0.05, 0) is 24.6 Å². The second-order valence-electron chi connectivity index (χ2n) is 5.42. The number of aromatic nitrogens is 5. The van der Waals surface area contributed by atoms with Gasteiger partial charge in [-0.25, -0.2) is 9.97 Å². The molecule has 130 valence electrons. The van der Waals surface area contributed by atoms with Gasteiger partial charge in [0.1, 0.15) is 16.6 Å². The predicted octanol–water partition coefficient (Wildman–Crippen LogP) is 3.60. The number of carboxylic acid groups (broad SMARTS) is 1. The zero-order valence-electron chi connectivity index (χ0n) is 13.5. The molecule has 0 fully saturated rings. The molecule has 25 heavy (non-hydrogen) atoms. The van der Waals surface area contributed by atoms with Crippen molar-refractivity contribution in [2.45, 2.75) is 36.5 Å². The highest BCUT2D eigenvalue weighted by Gasteiger charge is 2.22. The molecule has 3 aromatic rings. The smallest absolute Gasteiger partial charge is 0.317 e. The molecule has 0 aliphatic rings. The van der Waals surface area contributed by atoms with Gasteiger partial charge in [-0.1, -0.05) is 54.4 Å². The average Bonchev–Trinajstić information content (AvgIpc) is 3.03. The molecule has 0 aliphatic carbocycles. The third-order valence-corrected chi connectivity index (χ3v) is 5.09. The number of nitrogens with zero attached hydrogens (tertiary/aromatic N) is 5. The van der Waals surface area contributed by atoms with Gasteiger partial charge in [-0.2, -0.15) is 4.68 Å². The zero-order valence-corrected chi connectivity index (χ0v) is 15.0. The number of rotatable bonds is 7. The summed E-state index contributed by atoms with van der Waals surface area (Å²) in [5.41, 5.74) is 1.72. The molecule has 0 radical (unpaired) electrons. The molecule has 2 aromatic heterocycles. The van der Waals surface area contributed by atoms with Crippen molar-refractivity contribution in [1.82, 2.24) is 25.0 Å². The fourth-order valence-corrected chi connectivity index (χ4v) is 3.54.